The highest BCUT2D eigenvalue weighted by atomic mass is 16.5. The third-order valence-corrected chi connectivity index (χ3v) is 5.78. The quantitative estimate of drug-likeness (QED) is 0.414. The molecule has 1 amide bonds. The van der Waals surface area contributed by atoms with Crippen LogP contribution in [0.4, 0.5) is 5.69 Å². The lowest BCUT2D eigenvalue weighted by molar-refractivity contribution is -0.119. The van der Waals surface area contributed by atoms with Crippen LogP contribution in [0.2, 0.25) is 0 Å². The lowest BCUT2D eigenvalue weighted by Gasteiger charge is -2.17. The molecule has 4 rings (SSSR count). The van der Waals surface area contributed by atoms with E-state index < -0.39 is 24.5 Å². The summed E-state index contributed by atoms with van der Waals surface area (Å²) in [4.78, 5) is 50.8. The van der Waals surface area contributed by atoms with Crippen LogP contribution in [-0.2, 0) is 21.3 Å². The minimum atomic E-state index is -0.827. The molecule has 0 fully saturated rings. The topological polar surface area (TPSA) is 104 Å². The fourth-order valence-corrected chi connectivity index (χ4v) is 3.98. The zero-order chi connectivity index (χ0) is 25.8. The molecule has 0 spiro atoms. The van der Waals surface area contributed by atoms with Crippen LogP contribution >= 0.6 is 0 Å². The fourth-order valence-electron chi connectivity index (χ4n) is 3.98. The Morgan fingerprint density at radius 3 is 2.19 bits per heavy atom. The smallest absolute Gasteiger partial charge is 0.356 e. The summed E-state index contributed by atoms with van der Waals surface area (Å²) in [5.74, 6) is -2.09. The number of nitrogens with one attached hydrogen (secondary N) is 1. The number of methoxy groups -OCH3 is 1. The van der Waals surface area contributed by atoms with Gasteiger partial charge in [0.1, 0.15) is 5.69 Å². The number of anilines is 1. The molecule has 1 N–H and O–H groups in total. The van der Waals surface area contributed by atoms with Crippen molar-refractivity contribution < 1.29 is 23.9 Å². The van der Waals surface area contributed by atoms with Gasteiger partial charge in [0.05, 0.1) is 18.4 Å². The van der Waals surface area contributed by atoms with E-state index in [0.717, 1.165) is 11.1 Å². The van der Waals surface area contributed by atoms with E-state index in [1.165, 1.54) is 30.9 Å². The van der Waals surface area contributed by atoms with Crippen LogP contribution in [0.3, 0.4) is 0 Å². The lowest BCUT2D eigenvalue weighted by Crippen LogP contribution is -2.28. The third-order valence-electron chi connectivity index (χ3n) is 5.78. The predicted octanol–water partition coefficient (Wildman–Crippen LogP) is 4.10. The van der Waals surface area contributed by atoms with E-state index in [9.17, 15) is 19.2 Å². The number of hydrogen-bond acceptors (Lipinski definition) is 6. The first kappa shape index (κ1) is 24.4. The predicted molar refractivity (Wildman–Crippen MR) is 136 cm³/mol. The maximum absolute atomic E-state index is 13.3. The van der Waals surface area contributed by atoms with Crippen molar-refractivity contribution in [3.05, 3.63) is 100.0 Å². The van der Waals surface area contributed by atoms with Crippen LogP contribution in [0.25, 0.3) is 21.9 Å². The van der Waals surface area contributed by atoms with Gasteiger partial charge in [-0.1, -0.05) is 60.2 Å². The molecule has 1 heterocycles. The van der Waals surface area contributed by atoms with Gasteiger partial charge in [0.25, 0.3) is 11.5 Å². The summed E-state index contributed by atoms with van der Waals surface area (Å²) in [6, 6.07) is 20.9. The number of ether oxygens (including phenoxy) is 2. The molecule has 4 aromatic rings. The average Bonchev–Trinajstić information content (AvgIpc) is 2.89. The van der Waals surface area contributed by atoms with Crippen molar-refractivity contribution in [2.45, 2.75) is 6.92 Å². The molecule has 182 valence electrons. The number of aryl methyl sites for hydroxylation is 1. The van der Waals surface area contributed by atoms with Crippen molar-refractivity contribution in [2.24, 2.45) is 7.05 Å². The number of nitrogens with zero attached hydrogens (tertiary/aromatic N) is 1. The molecule has 3 aromatic carbocycles. The first-order valence-electron chi connectivity index (χ1n) is 11.1. The molecule has 0 bridgehead atoms. The molecular formula is C28H24N2O6. The van der Waals surface area contributed by atoms with E-state index in [2.05, 4.69) is 5.32 Å². The van der Waals surface area contributed by atoms with Crippen molar-refractivity contribution in [1.82, 2.24) is 4.57 Å². The van der Waals surface area contributed by atoms with Crippen LogP contribution < -0.4 is 10.9 Å². The van der Waals surface area contributed by atoms with Gasteiger partial charge in [-0.2, -0.15) is 0 Å². The van der Waals surface area contributed by atoms with Crippen LogP contribution in [0.15, 0.2) is 77.6 Å². The van der Waals surface area contributed by atoms with E-state index >= 15 is 0 Å². The normalized spacial score (nSPS) is 10.6. The number of hydrogen-bond donors (Lipinski definition) is 1. The summed E-state index contributed by atoms with van der Waals surface area (Å²) in [5.41, 5.74) is 2.38. The molecule has 0 saturated heterocycles. The van der Waals surface area contributed by atoms with Gasteiger partial charge < -0.3 is 19.4 Å². The Kier molecular flexibility index (Phi) is 6.96. The number of pyridine rings is 1. The van der Waals surface area contributed by atoms with Crippen LogP contribution in [0.1, 0.15) is 26.4 Å². The van der Waals surface area contributed by atoms with Gasteiger partial charge in [-0.15, -0.1) is 0 Å². The number of benzene rings is 3. The Morgan fingerprint density at radius 2 is 1.50 bits per heavy atom. The molecule has 0 atom stereocenters. The van der Waals surface area contributed by atoms with Gasteiger partial charge >= 0.3 is 11.9 Å². The molecule has 0 radical (unpaired) electrons. The molecular weight excluding hydrogens is 460 g/mol. The van der Waals surface area contributed by atoms with Crippen molar-refractivity contribution in [2.75, 3.05) is 19.0 Å². The molecule has 0 saturated carbocycles. The van der Waals surface area contributed by atoms with E-state index in [-0.39, 0.29) is 22.5 Å². The third kappa shape index (κ3) is 4.74. The Morgan fingerprint density at radius 1 is 0.861 bits per heavy atom. The summed E-state index contributed by atoms with van der Waals surface area (Å²) in [5, 5.41) is 3.62. The highest BCUT2D eigenvalue weighted by Crippen LogP contribution is 2.31. The van der Waals surface area contributed by atoms with Crippen molar-refractivity contribution in [3.8, 4) is 11.1 Å². The Hall–Kier alpha value is -4.72. The molecule has 8 heteroatoms. The first-order chi connectivity index (χ1) is 17.3. The molecule has 0 aliphatic rings. The number of esters is 2. The number of para-hydroxylation sites is 1. The van der Waals surface area contributed by atoms with Gasteiger partial charge in [-0.3, -0.25) is 9.59 Å². The molecule has 36 heavy (non-hydrogen) atoms. The van der Waals surface area contributed by atoms with Crippen LogP contribution in [-0.4, -0.2) is 36.1 Å². The summed E-state index contributed by atoms with van der Waals surface area (Å²) in [6.45, 7) is 1.33. The molecule has 0 aliphatic heterocycles. The van der Waals surface area contributed by atoms with Gasteiger partial charge in [-0.25, -0.2) is 9.59 Å². The number of fused-ring (bicyclic) bond motifs is 1. The second-order valence-electron chi connectivity index (χ2n) is 8.16. The highest BCUT2D eigenvalue weighted by molar-refractivity contribution is 6.07. The van der Waals surface area contributed by atoms with Crippen molar-refractivity contribution in [1.29, 1.82) is 0 Å². The lowest BCUT2D eigenvalue weighted by atomic mass is 9.96. The monoisotopic (exact) mass is 484 g/mol. The summed E-state index contributed by atoms with van der Waals surface area (Å²) < 4.78 is 11.3. The molecule has 1 aromatic heterocycles. The minimum absolute atomic E-state index is 0.0327. The highest BCUT2D eigenvalue weighted by Gasteiger charge is 2.24. The number of carbonyl (C=O) groups excluding carboxylic acids is 3. The minimum Gasteiger partial charge on any atom is -0.465 e. The second-order valence-corrected chi connectivity index (χ2v) is 8.16. The fraction of sp³-hybridized carbons (Fsp3) is 0.143. The summed E-state index contributed by atoms with van der Waals surface area (Å²) in [7, 11) is 2.73. The Labute approximate surface area is 207 Å². The largest absolute Gasteiger partial charge is 0.465 e. The van der Waals surface area contributed by atoms with Gasteiger partial charge in [0.2, 0.25) is 0 Å². The SMILES string of the molecule is COC(=O)c1ccccc1NC(=O)COC(=O)c1c(-c2ccc(C)cc2)c2ccccc2c(=O)n1C. The maximum Gasteiger partial charge on any atom is 0.356 e. The van der Waals surface area contributed by atoms with E-state index in [1.807, 2.05) is 31.2 Å². The maximum atomic E-state index is 13.3. The summed E-state index contributed by atoms with van der Waals surface area (Å²) in [6.07, 6.45) is 0. The average molecular weight is 485 g/mol. The van der Waals surface area contributed by atoms with Crippen LogP contribution in [0.5, 0.6) is 0 Å². The molecule has 0 unspecified atom stereocenters. The number of aromatic nitrogens is 1. The molecule has 8 nitrogen and oxygen atoms in total. The number of amides is 1. The second kappa shape index (κ2) is 10.3. The van der Waals surface area contributed by atoms with Crippen LogP contribution in [0, 0.1) is 6.92 Å². The van der Waals surface area contributed by atoms with E-state index in [4.69, 9.17) is 9.47 Å². The van der Waals surface area contributed by atoms with Gasteiger partial charge in [0.15, 0.2) is 6.61 Å². The van der Waals surface area contributed by atoms with E-state index in [0.29, 0.717) is 16.3 Å². The zero-order valence-corrected chi connectivity index (χ0v) is 20.0. The Bertz CT molecular complexity index is 1540. The van der Waals surface area contributed by atoms with Crippen molar-refractivity contribution in [3.63, 3.8) is 0 Å². The zero-order valence-electron chi connectivity index (χ0n) is 20.0. The first-order valence-corrected chi connectivity index (χ1v) is 11.1. The summed E-state index contributed by atoms with van der Waals surface area (Å²) >= 11 is 0. The van der Waals surface area contributed by atoms with E-state index in [1.54, 1.807) is 36.4 Å². The number of rotatable bonds is 6. The molecule has 0 aliphatic carbocycles. The van der Waals surface area contributed by atoms with Crippen molar-refractivity contribution >= 4 is 34.3 Å². The van der Waals surface area contributed by atoms with Gasteiger partial charge in [-0.05, 0) is 36.1 Å². The number of carbonyl (C=O) groups is 3. The Balaban J connectivity index is 1.67. The van der Waals surface area contributed by atoms with Gasteiger partial charge in [0, 0.05) is 18.0 Å². The standard InChI is InChI=1S/C28H24N2O6/c1-17-12-14-18(15-13-17)24-19-8-4-5-9-20(19)26(32)30(2)25(24)28(34)36-16-23(31)29-22-11-7-6-10-21(22)27(33)35-3/h4-15H,16H2,1-3H3,(H,29,31).